The Morgan fingerprint density at radius 2 is 1.35 bits per heavy atom. The van der Waals surface area contributed by atoms with Gasteiger partial charge in [-0.15, -0.1) is 0 Å². The average molecular weight is 639 g/mol. The molecule has 49 heavy (non-hydrogen) atoms. The number of rotatable bonds is 6. The zero-order valence-electron chi connectivity index (χ0n) is 31.0. The van der Waals surface area contributed by atoms with Gasteiger partial charge in [-0.05, 0) is 128 Å². The molecule has 3 heterocycles. The van der Waals surface area contributed by atoms with E-state index in [-0.39, 0.29) is 5.56 Å². The zero-order valence-corrected chi connectivity index (χ0v) is 28.0. The summed E-state index contributed by atoms with van der Waals surface area (Å²) < 4.78 is 33.1. The zero-order chi connectivity index (χ0) is 36.1. The highest BCUT2D eigenvalue weighted by Gasteiger charge is 2.17. The van der Waals surface area contributed by atoms with E-state index in [0.717, 1.165) is 55.3 Å². The monoisotopic (exact) mass is 638 g/mol. The first-order valence-electron chi connectivity index (χ1n) is 18.0. The van der Waals surface area contributed by atoms with Gasteiger partial charge in [-0.3, -0.25) is 9.55 Å². The van der Waals surface area contributed by atoms with E-state index in [1.165, 1.54) is 16.7 Å². The highest BCUT2D eigenvalue weighted by Crippen LogP contribution is 2.38. The first-order chi connectivity index (χ1) is 25.0. The molecular formula is C45H37N3O. The Balaban J connectivity index is 1.22. The fraction of sp³-hybridized carbons (Fsp3) is 0.111. The van der Waals surface area contributed by atoms with Crippen molar-refractivity contribution >= 4 is 21.8 Å². The van der Waals surface area contributed by atoms with E-state index in [4.69, 9.17) is 18.8 Å². The lowest BCUT2D eigenvalue weighted by Crippen LogP contribution is -1.99. The number of aryl methyl sites for hydroxylation is 5. The maximum Gasteiger partial charge on any atom is 0.137 e. The highest BCUT2D eigenvalue weighted by molar-refractivity contribution is 6.10. The van der Waals surface area contributed by atoms with Gasteiger partial charge in [0.1, 0.15) is 17.3 Å². The van der Waals surface area contributed by atoms with Gasteiger partial charge < -0.3 is 4.74 Å². The predicted molar refractivity (Wildman–Crippen MR) is 203 cm³/mol. The molecule has 0 saturated heterocycles. The van der Waals surface area contributed by atoms with Gasteiger partial charge in [-0.25, -0.2) is 4.98 Å². The third kappa shape index (κ3) is 5.66. The molecule has 0 fully saturated rings. The molecule has 0 spiro atoms. The summed E-state index contributed by atoms with van der Waals surface area (Å²) in [6.45, 7) is 5.87. The molecular weight excluding hydrogens is 599 g/mol. The van der Waals surface area contributed by atoms with Gasteiger partial charge in [0.2, 0.25) is 0 Å². The molecule has 0 bridgehead atoms. The largest absolute Gasteiger partial charge is 0.457 e. The fourth-order valence-corrected chi connectivity index (χ4v) is 6.70. The molecule has 0 unspecified atom stereocenters. The summed E-state index contributed by atoms with van der Waals surface area (Å²) in [7, 11) is 0. The van der Waals surface area contributed by atoms with Crippen LogP contribution >= 0.6 is 0 Å². The minimum absolute atomic E-state index is 0.281. The summed E-state index contributed by atoms with van der Waals surface area (Å²) in [6.07, 6.45) is 3.58. The van der Waals surface area contributed by atoms with Crippen molar-refractivity contribution in [2.24, 2.45) is 0 Å². The maximum atomic E-state index is 8.18. The maximum absolute atomic E-state index is 8.18. The minimum Gasteiger partial charge on any atom is -0.457 e. The first kappa shape index (κ1) is 27.0. The molecule has 0 atom stereocenters. The number of hydrogen-bond donors (Lipinski definition) is 0. The van der Waals surface area contributed by atoms with Crippen LogP contribution in [0.5, 0.6) is 11.5 Å². The smallest absolute Gasteiger partial charge is 0.137 e. The third-order valence-corrected chi connectivity index (χ3v) is 9.30. The summed E-state index contributed by atoms with van der Waals surface area (Å²) >= 11 is 0. The van der Waals surface area contributed by atoms with Crippen molar-refractivity contribution < 1.29 is 8.85 Å². The fourth-order valence-electron chi connectivity index (χ4n) is 6.70. The van der Waals surface area contributed by atoms with E-state index in [1.807, 2.05) is 65.4 Å². The number of hydrogen-bond acceptors (Lipinski definition) is 3. The van der Waals surface area contributed by atoms with Gasteiger partial charge >= 0.3 is 0 Å². The Morgan fingerprint density at radius 1 is 0.531 bits per heavy atom. The molecule has 0 radical (unpaired) electrons. The highest BCUT2D eigenvalue weighted by atomic mass is 16.5. The summed E-state index contributed by atoms with van der Waals surface area (Å²) in [6, 6.07) is 41.1. The van der Waals surface area contributed by atoms with Crippen molar-refractivity contribution in [3.05, 3.63) is 162 Å². The second-order valence-electron chi connectivity index (χ2n) is 12.8. The molecule has 0 amide bonds. The van der Waals surface area contributed by atoms with Crippen molar-refractivity contribution in [3.8, 4) is 50.8 Å². The van der Waals surface area contributed by atoms with Gasteiger partial charge in [0.25, 0.3) is 0 Å². The quantitative estimate of drug-likeness (QED) is 0.182. The molecule has 238 valence electrons. The molecule has 3 aromatic heterocycles. The Bertz CT molecular complexity index is 2640. The lowest BCUT2D eigenvalue weighted by molar-refractivity contribution is 0.483. The molecule has 0 aliphatic heterocycles. The van der Waals surface area contributed by atoms with E-state index in [2.05, 4.69) is 81.4 Å². The van der Waals surface area contributed by atoms with Gasteiger partial charge in [0.05, 0.1) is 16.7 Å². The first-order valence-corrected chi connectivity index (χ1v) is 16.5. The topological polar surface area (TPSA) is 39.9 Å². The summed E-state index contributed by atoms with van der Waals surface area (Å²) in [4.78, 5) is 9.54. The second kappa shape index (κ2) is 12.2. The number of aromatic nitrogens is 3. The SMILES string of the molecule is [2H]C([2H])([2H])c1cc(-n2c3ccc(-c4ccccc4)cc3c3ccc(Oc4cccc(-c5cc(-c6ccc(C)cc6C)c(C)cn5)c4)cc32)ncc1C. The number of benzene rings is 5. The van der Waals surface area contributed by atoms with E-state index in [9.17, 15) is 0 Å². The van der Waals surface area contributed by atoms with Gasteiger partial charge in [0, 0.05) is 38.9 Å². The van der Waals surface area contributed by atoms with Crippen LogP contribution < -0.4 is 4.74 Å². The van der Waals surface area contributed by atoms with Crippen LogP contribution in [0.4, 0.5) is 0 Å². The molecule has 0 aliphatic carbocycles. The van der Waals surface area contributed by atoms with Crippen LogP contribution in [0.3, 0.4) is 0 Å². The molecule has 4 nitrogen and oxygen atoms in total. The van der Waals surface area contributed by atoms with E-state index in [1.54, 1.807) is 19.2 Å². The van der Waals surface area contributed by atoms with Crippen molar-refractivity contribution in [1.82, 2.24) is 14.5 Å². The molecule has 8 rings (SSSR count). The van der Waals surface area contributed by atoms with Gasteiger partial charge in [-0.2, -0.15) is 0 Å². The van der Waals surface area contributed by atoms with E-state index < -0.39 is 6.85 Å². The number of pyridine rings is 2. The van der Waals surface area contributed by atoms with E-state index >= 15 is 0 Å². The van der Waals surface area contributed by atoms with Crippen molar-refractivity contribution in [3.63, 3.8) is 0 Å². The van der Waals surface area contributed by atoms with E-state index in [0.29, 0.717) is 22.9 Å². The molecule has 0 N–H and O–H groups in total. The lowest BCUT2D eigenvalue weighted by atomic mass is 9.95. The van der Waals surface area contributed by atoms with Crippen molar-refractivity contribution in [1.29, 1.82) is 0 Å². The Kier molecular flexibility index (Phi) is 6.74. The number of fused-ring (bicyclic) bond motifs is 3. The summed E-state index contributed by atoms with van der Waals surface area (Å²) in [5, 5.41) is 2.04. The predicted octanol–water partition coefficient (Wildman–Crippen LogP) is 11.9. The number of nitrogens with zero attached hydrogens (tertiary/aromatic N) is 3. The molecule has 0 saturated carbocycles. The summed E-state index contributed by atoms with van der Waals surface area (Å²) in [5.41, 5.74) is 12.7. The third-order valence-electron chi connectivity index (χ3n) is 9.30. The van der Waals surface area contributed by atoms with Crippen LogP contribution in [0.25, 0.3) is 61.1 Å². The minimum atomic E-state index is -2.27. The Morgan fingerprint density at radius 3 is 2.18 bits per heavy atom. The van der Waals surface area contributed by atoms with Crippen LogP contribution in [0.1, 0.15) is 31.9 Å². The van der Waals surface area contributed by atoms with Gasteiger partial charge in [0.15, 0.2) is 0 Å². The van der Waals surface area contributed by atoms with Crippen LogP contribution in [0.15, 0.2) is 134 Å². The average Bonchev–Trinajstić information content (AvgIpc) is 3.45. The summed E-state index contributed by atoms with van der Waals surface area (Å²) in [5.74, 6) is 1.86. The van der Waals surface area contributed by atoms with Crippen LogP contribution in [0, 0.1) is 34.5 Å². The number of ether oxygens (including phenoxy) is 1. The van der Waals surface area contributed by atoms with Crippen molar-refractivity contribution in [2.45, 2.75) is 34.5 Å². The van der Waals surface area contributed by atoms with Crippen molar-refractivity contribution in [2.75, 3.05) is 0 Å². The lowest BCUT2D eigenvalue weighted by Gasteiger charge is -2.13. The second-order valence-corrected chi connectivity index (χ2v) is 12.8. The van der Waals surface area contributed by atoms with Crippen LogP contribution in [0.2, 0.25) is 0 Å². The molecule has 8 aromatic rings. The normalized spacial score (nSPS) is 12.5. The molecule has 5 aromatic carbocycles. The van der Waals surface area contributed by atoms with Crippen LogP contribution in [-0.4, -0.2) is 14.5 Å². The van der Waals surface area contributed by atoms with Gasteiger partial charge in [-0.1, -0.05) is 72.3 Å². The van der Waals surface area contributed by atoms with Crippen LogP contribution in [-0.2, 0) is 0 Å². The molecule has 0 aliphatic rings. The standard InChI is InChI=1S/C45H37N3O/c1-28-14-17-38(30(3)20-28)40-25-42(46-27-32(40)5)35-12-9-13-36(22-35)49-37-16-18-39-41-23-34(33-10-7-6-8-11-33)15-19-43(41)48(44(39)24-37)45-21-29(2)31(4)26-47-45/h6-27H,1-5H3/i2D3. The Labute approximate surface area is 291 Å². The Hall–Kier alpha value is -6.00. The molecule has 4 heteroatoms.